The molecule has 2 aromatic rings. The van der Waals surface area contributed by atoms with E-state index < -0.39 is 0 Å². The lowest BCUT2D eigenvalue weighted by Gasteiger charge is -2.32. The first-order valence-electron chi connectivity index (χ1n) is 10.8. The molecule has 0 radical (unpaired) electrons. The van der Waals surface area contributed by atoms with Gasteiger partial charge in [-0.2, -0.15) is 0 Å². The minimum atomic E-state index is 0.128. The number of amides is 1. The summed E-state index contributed by atoms with van der Waals surface area (Å²) < 4.78 is 2.02. The van der Waals surface area contributed by atoms with Crippen molar-refractivity contribution in [2.45, 2.75) is 39.2 Å². The van der Waals surface area contributed by atoms with Gasteiger partial charge >= 0.3 is 0 Å². The SMILES string of the molecule is CCc1nncn1CCNC(=NC)NCC(=O)N1CCC(Cc2ccccc2)CC1. The number of carbonyl (C=O) groups excluding carboxylic acids is 1. The predicted octanol–water partition coefficient (Wildman–Crippen LogP) is 1.49. The normalized spacial score (nSPS) is 15.3. The first-order valence-corrected chi connectivity index (χ1v) is 10.8. The quantitative estimate of drug-likeness (QED) is 0.508. The fourth-order valence-electron chi connectivity index (χ4n) is 3.86. The second-order valence-corrected chi connectivity index (χ2v) is 7.66. The molecule has 1 aromatic carbocycles. The molecule has 2 heterocycles. The van der Waals surface area contributed by atoms with Crippen molar-refractivity contribution >= 4 is 11.9 Å². The molecule has 0 unspecified atom stereocenters. The highest BCUT2D eigenvalue weighted by Crippen LogP contribution is 2.21. The summed E-state index contributed by atoms with van der Waals surface area (Å²) in [6.07, 6.45) is 5.81. The highest BCUT2D eigenvalue weighted by Gasteiger charge is 2.22. The van der Waals surface area contributed by atoms with Crippen LogP contribution in [0.25, 0.3) is 0 Å². The van der Waals surface area contributed by atoms with Gasteiger partial charge in [0.25, 0.3) is 0 Å². The van der Waals surface area contributed by atoms with Gasteiger partial charge in [-0.1, -0.05) is 37.3 Å². The van der Waals surface area contributed by atoms with Crippen LogP contribution in [0.3, 0.4) is 0 Å². The number of hydrogen-bond donors (Lipinski definition) is 2. The van der Waals surface area contributed by atoms with Crippen LogP contribution in [0.4, 0.5) is 0 Å². The van der Waals surface area contributed by atoms with Crippen molar-refractivity contribution in [3.8, 4) is 0 Å². The van der Waals surface area contributed by atoms with E-state index in [-0.39, 0.29) is 12.5 Å². The van der Waals surface area contributed by atoms with E-state index in [1.165, 1.54) is 5.56 Å². The summed E-state index contributed by atoms with van der Waals surface area (Å²) >= 11 is 0. The predicted molar refractivity (Wildman–Crippen MR) is 118 cm³/mol. The van der Waals surface area contributed by atoms with E-state index in [1.54, 1.807) is 13.4 Å². The molecule has 1 fully saturated rings. The third-order valence-corrected chi connectivity index (χ3v) is 5.62. The average Bonchev–Trinajstić information content (AvgIpc) is 3.24. The van der Waals surface area contributed by atoms with Gasteiger partial charge in [-0.3, -0.25) is 9.79 Å². The van der Waals surface area contributed by atoms with Crippen molar-refractivity contribution in [2.24, 2.45) is 10.9 Å². The Kier molecular flexibility index (Phi) is 8.23. The number of hydrogen-bond acceptors (Lipinski definition) is 4. The fraction of sp³-hybridized carbons (Fsp3) is 0.545. The van der Waals surface area contributed by atoms with Crippen molar-refractivity contribution in [3.63, 3.8) is 0 Å². The number of nitrogens with one attached hydrogen (secondary N) is 2. The Morgan fingerprint density at radius 3 is 2.67 bits per heavy atom. The van der Waals surface area contributed by atoms with E-state index in [9.17, 15) is 4.79 Å². The number of carbonyl (C=O) groups is 1. The number of likely N-dealkylation sites (tertiary alicyclic amines) is 1. The summed E-state index contributed by atoms with van der Waals surface area (Å²) in [4.78, 5) is 18.8. The van der Waals surface area contributed by atoms with Gasteiger partial charge in [-0.15, -0.1) is 10.2 Å². The molecule has 8 nitrogen and oxygen atoms in total. The van der Waals surface area contributed by atoms with E-state index in [0.29, 0.717) is 18.4 Å². The lowest BCUT2D eigenvalue weighted by atomic mass is 9.90. The van der Waals surface area contributed by atoms with Crippen LogP contribution in [-0.2, 0) is 24.2 Å². The molecule has 30 heavy (non-hydrogen) atoms. The summed E-state index contributed by atoms with van der Waals surface area (Å²) in [5.41, 5.74) is 1.39. The van der Waals surface area contributed by atoms with Gasteiger partial charge in [0.2, 0.25) is 5.91 Å². The van der Waals surface area contributed by atoms with Gasteiger partial charge in [-0.25, -0.2) is 0 Å². The van der Waals surface area contributed by atoms with Crippen LogP contribution >= 0.6 is 0 Å². The van der Waals surface area contributed by atoms with Crippen LogP contribution in [0.1, 0.15) is 31.2 Å². The number of aryl methyl sites for hydroxylation is 1. The fourth-order valence-corrected chi connectivity index (χ4v) is 3.86. The van der Waals surface area contributed by atoms with Gasteiger partial charge in [0, 0.05) is 39.6 Å². The molecular formula is C22H33N7O. The molecule has 1 aromatic heterocycles. The molecule has 0 spiro atoms. The van der Waals surface area contributed by atoms with Crippen molar-refractivity contribution in [1.82, 2.24) is 30.3 Å². The summed E-state index contributed by atoms with van der Waals surface area (Å²) in [7, 11) is 1.71. The molecule has 1 aliphatic rings. The molecule has 162 valence electrons. The molecular weight excluding hydrogens is 378 g/mol. The molecule has 3 rings (SSSR count). The summed E-state index contributed by atoms with van der Waals surface area (Å²) in [6.45, 7) is 5.42. The lowest BCUT2D eigenvalue weighted by molar-refractivity contribution is -0.131. The second kappa shape index (κ2) is 11.3. The zero-order chi connectivity index (χ0) is 21.2. The summed E-state index contributed by atoms with van der Waals surface area (Å²) in [5.74, 6) is 2.38. The van der Waals surface area contributed by atoms with E-state index in [0.717, 1.165) is 51.1 Å². The number of benzene rings is 1. The topological polar surface area (TPSA) is 87.4 Å². The first-order chi connectivity index (χ1) is 14.7. The molecule has 0 aliphatic carbocycles. The van der Waals surface area contributed by atoms with Crippen molar-refractivity contribution in [1.29, 1.82) is 0 Å². The third kappa shape index (κ3) is 6.30. The number of aromatic nitrogens is 3. The van der Waals surface area contributed by atoms with Crippen molar-refractivity contribution in [2.75, 3.05) is 33.2 Å². The smallest absolute Gasteiger partial charge is 0.241 e. The largest absolute Gasteiger partial charge is 0.355 e. The van der Waals surface area contributed by atoms with Gasteiger partial charge in [-0.05, 0) is 30.7 Å². The molecule has 1 saturated heterocycles. The van der Waals surface area contributed by atoms with Gasteiger partial charge in [0.1, 0.15) is 12.2 Å². The number of rotatable bonds is 8. The highest BCUT2D eigenvalue weighted by atomic mass is 16.2. The molecule has 0 bridgehead atoms. The standard InChI is InChI=1S/C22H33N7O/c1-3-20-27-26-17-29(20)14-11-24-22(23-2)25-16-21(30)28-12-9-19(10-13-28)15-18-7-5-4-6-8-18/h4-8,17,19H,3,9-16H2,1-2H3,(H2,23,24,25). The van der Waals surface area contributed by atoms with Gasteiger partial charge in [0.05, 0.1) is 6.54 Å². The highest BCUT2D eigenvalue weighted by molar-refractivity contribution is 5.86. The number of piperidine rings is 1. The zero-order valence-corrected chi connectivity index (χ0v) is 18.0. The van der Waals surface area contributed by atoms with Crippen molar-refractivity contribution in [3.05, 3.63) is 48.0 Å². The van der Waals surface area contributed by atoms with Gasteiger partial charge in [0.15, 0.2) is 5.96 Å². The van der Waals surface area contributed by atoms with Crippen LogP contribution in [0.2, 0.25) is 0 Å². The monoisotopic (exact) mass is 411 g/mol. The minimum absolute atomic E-state index is 0.128. The Labute approximate surface area is 178 Å². The molecule has 2 N–H and O–H groups in total. The Morgan fingerprint density at radius 2 is 1.97 bits per heavy atom. The summed E-state index contributed by atoms with van der Waals surface area (Å²) in [6, 6.07) is 10.6. The van der Waals surface area contributed by atoms with Crippen LogP contribution in [0.5, 0.6) is 0 Å². The molecule has 8 heteroatoms. The van der Waals surface area contributed by atoms with Crippen LogP contribution in [-0.4, -0.2) is 64.8 Å². The molecule has 1 aliphatic heterocycles. The Balaban J connectivity index is 1.35. The number of aliphatic imine (C=N–C) groups is 1. The van der Waals surface area contributed by atoms with Gasteiger partial charge < -0.3 is 20.1 Å². The minimum Gasteiger partial charge on any atom is -0.355 e. The third-order valence-electron chi connectivity index (χ3n) is 5.62. The number of guanidine groups is 1. The van der Waals surface area contributed by atoms with E-state index in [1.807, 2.05) is 9.47 Å². The Morgan fingerprint density at radius 1 is 1.20 bits per heavy atom. The maximum atomic E-state index is 12.6. The van der Waals surface area contributed by atoms with Crippen molar-refractivity contribution < 1.29 is 4.79 Å². The Bertz CT molecular complexity index is 810. The zero-order valence-electron chi connectivity index (χ0n) is 18.0. The lowest BCUT2D eigenvalue weighted by Crippen LogP contribution is -2.47. The number of nitrogens with zero attached hydrogens (tertiary/aromatic N) is 5. The molecule has 1 amide bonds. The van der Waals surface area contributed by atoms with E-state index in [2.05, 4.69) is 63.1 Å². The van der Waals surface area contributed by atoms with E-state index in [4.69, 9.17) is 0 Å². The molecule has 0 atom stereocenters. The van der Waals surface area contributed by atoms with Crippen LogP contribution in [0, 0.1) is 5.92 Å². The van der Waals surface area contributed by atoms with Crippen LogP contribution < -0.4 is 10.6 Å². The maximum Gasteiger partial charge on any atom is 0.241 e. The van der Waals surface area contributed by atoms with Crippen LogP contribution in [0.15, 0.2) is 41.7 Å². The average molecular weight is 412 g/mol. The van der Waals surface area contributed by atoms with E-state index >= 15 is 0 Å². The Hall–Kier alpha value is -2.90. The summed E-state index contributed by atoms with van der Waals surface area (Å²) in [5, 5.41) is 14.4. The first kappa shape index (κ1) is 21.8. The maximum absolute atomic E-state index is 12.6. The second-order valence-electron chi connectivity index (χ2n) is 7.66. The molecule has 0 saturated carbocycles.